The summed E-state index contributed by atoms with van der Waals surface area (Å²) in [5.41, 5.74) is 0.595. The van der Waals surface area contributed by atoms with E-state index < -0.39 is 4.92 Å². The third-order valence-electron chi connectivity index (χ3n) is 5.08. The van der Waals surface area contributed by atoms with Gasteiger partial charge in [-0.3, -0.25) is 14.9 Å². The number of rotatable bonds is 3. The lowest BCUT2D eigenvalue weighted by Gasteiger charge is -2.39. The molecular weight excluding hydrogens is 280 g/mol. The van der Waals surface area contributed by atoms with Gasteiger partial charge in [0.1, 0.15) is 0 Å². The van der Waals surface area contributed by atoms with Crippen molar-refractivity contribution in [3.05, 3.63) is 39.9 Å². The first kappa shape index (κ1) is 15.0. The van der Waals surface area contributed by atoms with E-state index in [2.05, 4.69) is 0 Å². The molecular formula is C17H22N2O3. The minimum Gasteiger partial charge on any atom is -0.335 e. The third kappa shape index (κ3) is 2.98. The smallest absolute Gasteiger partial charge is 0.269 e. The molecule has 0 spiro atoms. The van der Waals surface area contributed by atoms with Crippen molar-refractivity contribution < 1.29 is 9.72 Å². The second kappa shape index (κ2) is 6.46. The Morgan fingerprint density at radius 3 is 2.32 bits per heavy atom. The van der Waals surface area contributed by atoms with Crippen molar-refractivity contribution in [3.8, 4) is 0 Å². The number of benzene rings is 1. The highest BCUT2D eigenvalue weighted by atomic mass is 16.6. The zero-order valence-corrected chi connectivity index (χ0v) is 12.7. The second-order valence-corrected chi connectivity index (χ2v) is 6.41. The first-order valence-electron chi connectivity index (χ1n) is 8.22. The highest BCUT2D eigenvalue weighted by molar-refractivity contribution is 5.94. The van der Waals surface area contributed by atoms with Crippen LogP contribution in [0.3, 0.4) is 0 Å². The molecule has 1 saturated carbocycles. The average molecular weight is 302 g/mol. The van der Waals surface area contributed by atoms with Crippen LogP contribution in [0.2, 0.25) is 0 Å². The molecule has 0 bridgehead atoms. The van der Waals surface area contributed by atoms with E-state index in [9.17, 15) is 14.9 Å². The predicted molar refractivity (Wildman–Crippen MR) is 83.7 cm³/mol. The van der Waals surface area contributed by atoms with Gasteiger partial charge in [0.2, 0.25) is 0 Å². The summed E-state index contributed by atoms with van der Waals surface area (Å²) >= 11 is 0. The summed E-state index contributed by atoms with van der Waals surface area (Å²) in [5, 5.41) is 10.7. The Labute approximate surface area is 130 Å². The molecule has 5 heteroatoms. The lowest BCUT2D eigenvalue weighted by Crippen LogP contribution is -2.47. The van der Waals surface area contributed by atoms with Crippen LogP contribution in [0, 0.1) is 16.0 Å². The monoisotopic (exact) mass is 302 g/mol. The van der Waals surface area contributed by atoms with E-state index in [0.717, 1.165) is 19.4 Å². The van der Waals surface area contributed by atoms with Crippen molar-refractivity contribution in [2.45, 2.75) is 51.0 Å². The Balaban J connectivity index is 1.77. The van der Waals surface area contributed by atoms with Gasteiger partial charge < -0.3 is 4.90 Å². The van der Waals surface area contributed by atoms with E-state index in [1.165, 1.54) is 44.2 Å². The molecule has 5 nitrogen and oxygen atoms in total. The van der Waals surface area contributed by atoms with Crippen LogP contribution >= 0.6 is 0 Å². The van der Waals surface area contributed by atoms with E-state index in [1.54, 1.807) is 12.1 Å². The van der Waals surface area contributed by atoms with Gasteiger partial charge in [0.15, 0.2) is 0 Å². The van der Waals surface area contributed by atoms with Crippen LogP contribution in [0.15, 0.2) is 24.3 Å². The molecule has 118 valence electrons. The van der Waals surface area contributed by atoms with Crippen molar-refractivity contribution >= 4 is 11.6 Å². The fraction of sp³-hybridized carbons (Fsp3) is 0.588. The molecule has 1 aliphatic carbocycles. The summed E-state index contributed by atoms with van der Waals surface area (Å²) in [7, 11) is 0. The Morgan fingerprint density at radius 2 is 1.68 bits per heavy atom. The molecule has 22 heavy (non-hydrogen) atoms. The largest absolute Gasteiger partial charge is 0.335 e. The molecule has 2 aliphatic rings. The SMILES string of the molecule is O=C(c1ccc([N+](=O)[O-])cc1)N1CCCCC1C1CCCC1. The highest BCUT2D eigenvalue weighted by Gasteiger charge is 2.34. The summed E-state index contributed by atoms with van der Waals surface area (Å²) < 4.78 is 0. The Kier molecular flexibility index (Phi) is 4.41. The summed E-state index contributed by atoms with van der Waals surface area (Å²) in [6, 6.07) is 6.37. The molecule has 0 N–H and O–H groups in total. The van der Waals surface area contributed by atoms with Gasteiger partial charge in [-0.1, -0.05) is 12.8 Å². The summed E-state index contributed by atoms with van der Waals surface area (Å²) in [5.74, 6) is 0.675. The fourth-order valence-electron chi connectivity index (χ4n) is 3.93. The number of piperidine rings is 1. The molecule has 1 heterocycles. The van der Waals surface area contributed by atoms with E-state index in [1.807, 2.05) is 4.90 Å². The number of nitro benzene ring substituents is 1. The molecule has 1 saturated heterocycles. The van der Waals surface area contributed by atoms with Gasteiger partial charge in [-0.25, -0.2) is 0 Å². The van der Waals surface area contributed by atoms with Crippen LogP contribution in [0.4, 0.5) is 5.69 Å². The standard InChI is InChI=1S/C17H22N2O3/c20-17(14-8-10-15(11-9-14)19(21)22)18-12-4-3-7-16(18)13-5-1-2-6-13/h8-11,13,16H,1-7,12H2. The topological polar surface area (TPSA) is 63.4 Å². The number of likely N-dealkylation sites (tertiary alicyclic amines) is 1. The van der Waals surface area contributed by atoms with E-state index in [4.69, 9.17) is 0 Å². The van der Waals surface area contributed by atoms with Crippen molar-refractivity contribution in [2.75, 3.05) is 6.54 Å². The maximum atomic E-state index is 12.8. The first-order chi connectivity index (χ1) is 10.7. The van der Waals surface area contributed by atoms with Crippen LogP contribution in [-0.2, 0) is 0 Å². The lowest BCUT2D eigenvalue weighted by molar-refractivity contribution is -0.384. The van der Waals surface area contributed by atoms with Crippen molar-refractivity contribution in [2.24, 2.45) is 5.92 Å². The Morgan fingerprint density at radius 1 is 1.05 bits per heavy atom. The average Bonchev–Trinajstić information content (AvgIpc) is 3.08. The molecule has 2 fully saturated rings. The molecule has 1 aliphatic heterocycles. The normalized spacial score (nSPS) is 22.7. The molecule has 1 atom stereocenters. The summed E-state index contributed by atoms with van der Waals surface area (Å²) in [4.78, 5) is 25.1. The van der Waals surface area contributed by atoms with E-state index in [0.29, 0.717) is 17.5 Å². The second-order valence-electron chi connectivity index (χ2n) is 6.41. The number of non-ortho nitro benzene ring substituents is 1. The Hall–Kier alpha value is -1.91. The molecule has 0 radical (unpaired) electrons. The quantitative estimate of drug-likeness (QED) is 0.630. The van der Waals surface area contributed by atoms with Crippen LogP contribution in [0.25, 0.3) is 0 Å². The zero-order chi connectivity index (χ0) is 15.5. The highest BCUT2D eigenvalue weighted by Crippen LogP contribution is 2.35. The molecule has 1 unspecified atom stereocenters. The van der Waals surface area contributed by atoms with Gasteiger partial charge in [-0.15, -0.1) is 0 Å². The van der Waals surface area contributed by atoms with Crippen molar-refractivity contribution in [1.82, 2.24) is 4.90 Å². The number of nitrogens with zero attached hydrogens (tertiary/aromatic N) is 2. The zero-order valence-electron chi connectivity index (χ0n) is 12.7. The number of amides is 1. The number of hydrogen-bond acceptors (Lipinski definition) is 3. The number of hydrogen-bond donors (Lipinski definition) is 0. The number of carbonyl (C=O) groups is 1. The fourth-order valence-corrected chi connectivity index (χ4v) is 3.93. The van der Waals surface area contributed by atoms with Crippen LogP contribution in [0.1, 0.15) is 55.3 Å². The van der Waals surface area contributed by atoms with Crippen LogP contribution < -0.4 is 0 Å². The minimum atomic E-state index is -0.434. The summed E-state index contributed by atoms with van der Waals surface area (Å²) in [6.45, 7) is 0.816. The molecule has 1 aromatic carbocycles. The number of carbonyl (C=O) groups excluding carboxylic acids is 1. The van der Waals surface area contributed by atoms with Crippen LogP contribution in [0.5, 0.6) is 0 Å². The van der Waals surface area contributed by atoms with Gasteiger partial charge in [0.25, 0.3) is 11.6 Å². The summed E-state index contributed by atoms with van der Waals surface area (Å²) in [6.07, 6.45) is 8.38. The number of nitro groups is 1. The van der Waals surface area contributed by atoms with Crippen molar-refractivity contribution in [1.29, 1.82) is 0 Å². The maximum Gasteiger partial charge on any atom is 0.269 e. The third-order valence-corrected chi connectivity index (χ3v) is 5.08. The van der Waals surface area contributed by atoms with Gasteiger partial charge in [-0.2, -0.15) is 0 Å². The molecule has 3 rings (SSSR count). The van der Waals surface area contributed by atoms with Crippen LogP contribution in [-0.4, -0.2) is 28.3 Å². The van der Waals surface area contributed by atoms with E-state index in [-0.39, 0.29) is 11.6 Å². The molecule has 1 aromatic rings. The van der Waals surface area contributed by atoms with Crippen molar-refractivity contribution in [3.63, 3.8) is 0 Å². The minimum absolute atomic E-state index is 0.0301. The van der Waals surface area contributed by atoms with Gasteiger partial charge >= 0.3 is 0 Å². The van der Waals surface area contributed by atoms with E-state index >= 15 is 0 Å². The van der Waals surface area contributed by atoms with Gasteiger partial charge in [-0.05, 0) is 50.2 Å². The van der Waals surface area contributed by atoms with Gasteiger partial charge in [0.05, 0.1) is 4.92 Å². The maximum absolute atomic E-state index is 12.8. The van der Waals surface area contributed by atoms with Gasteiger partial charge in [0, 0.05) is 30.3 Å². The Bertz CT molecular complexity index is 550. The predicted octanol–water partition coefficient (Wildman–Crippen LogP) is 3.78. The lowest BCUT2D eigenvalue weighted by atomic mass is 9.88. The first-order valence-corrected chi connectivity index (χ1v) is 8.22. The molecule has 0 aromatic heterocycles. The molecule has 1 amide bonds.